The predicted molar refractivity (Wildman–Crippen MR) is 164 cm³/mol. The number of hydrogen-bond donors (Lipinski definition) is 4. The van der Waals surface area contributed by atoms with E-state index in [0.717, 1.165) is 16.7 Å². The maximum absolute atomic E-state index is 13.4. The highest BCUT2D eigenvalue weighted by Gasteiger charge is 2.27. The molecule has 0 radical (unpaired) electrons. The van der Waals surface area contributed by atoms with Crippen molar-refractivity contribution in [2.75, 3.05) is 17.2 Å². The number of benzene rings is 2. The molecule has 45 heavy (non-hydrogen) atoms. The standard InChI is InChI=1S/C30H25N7O7S/c1-14(16-4-6-18(7-5-16)28(42)43)33-26(40)20-11-21(37-29(34-20)35-44-30(37)45)27(41)32-12-15-2-3-17-8-9-36(13-19(17)10-15)23-22(31)24(38)25(23)39/h2-7,10-11,14H,8-9,12-13,31H2,1H3,(H,32,41)(H,33,40)(H,42,43)/t14-/m0/s1. The number of aromatic nitrogens is 3. The van der Waals surface area contributed by atoms with Crippen LogP contribution in [0.15, 0.2) is 62.6 Å². The van der Waals surface area contributed by atoms with Gasteiger partial charge >= 0.3 is 10.8 Å². The number of carbonyl (C=O) groups excluding carboxylic acids is 2. The fraction of sp³-hybridized carbons (Fsp3) is 0.200. The monoisotopic (exact) mass is 627 g/mol. The van der Waals surface area contributed by atoms with E-state index in [9.17, 15) is 24.0 Å². The number of aromatic carboxylic acids is 1. The first-order valence-corrected chi connectivity index (χ1v) is 14.2. The van der Waals surface area contributed by atoms with Crippen LogP contribution in [0.1, 0.15) is 66.6 Å². The molecule has 2 aromatic heterocycles. The zero-order valence-corrected chi connectivity index (χ0v) is 24.5. The van der Waals surface area contributed by atoms with Gasteiger partial charge in [0, 0.05) is 19.6 Å². The van der Waals surface area contributed by atoms with Gasteiger partial charge in [0.15, 0.2) is 0 Å². The Morgan fingerprint density at radius 1 is 1.07 bits per heavy atom. The number of nitrogen functional groups attached to an aromatic ring is 1. The average molecular weight is 628 g/mol. The average Bonchev–Trinajstić information content (AvgIpc) is 3.43. The van der Waals surface area contributed by atoms with Crippen molar-refractivity contribution in [1.29, 1.82) is 0 Å². The minimum Gasteiger partial charge on any atom is -0.478 e. The lowest BCUT2D eigenvalue weighted by molar-refractivity contribution is 0.0696. The zero-order valence-electron chi connectivity index (χ0n) is 23.7. The van der Waals surface area contributed by atoms with Crippen LogP contribution in [-0.2, 0) is 19.5 Å². The molecule has 5 aromatic rings. The van der Waals surface area contributed by atoms with Gasteiger partial charge in [-0.05, 0) is 71.2 Å². The summed E-state index contributed by atoms with van der Waals surface area (Å²) in [5.74, 6) is -2.31. The zero-order chi connectivity index (χ0) is 32.0. The highest BCUT2D eigenvalue weighted by atomic mass is 32.1. The van der Waals surface area contributed by atoms with Gasteiger partial charge in [-0.2, -0.15) is 0 Å². The van der Waals surface area contributed by atoms with Crippen molar-refractivity contribution in [1.82, 2.24) is 25.2 Å². The van der Waals surface area contributed by atoms with Crippen LogP contribution in [0, 0.1) is 4.84 Å². The quantitative estimate of drug-likeness (QED) is 0.144. The molecule has 6 rings (SSSR count). The van der Waals surface area contributed by atoms with Crippen molar-refractivity contribution in [3.8, 4) is 0 Å². The third kappa shape index (κ3) is 5.44. The second-order valence-corrected chi connectivity index (χ2v) is 11.0. The summed E-state index contributed by atoms with van der Waals surface area (Å²) in [5, 5.41) is 18.5. The van der Waals surface area contributed by atoms with Gasteiger partial charge in [0.2, 0.25) is 0 Å². The largest absolute Gasteiger partial charge is 0.478 e. The van der Waals surface area contributed by atoms with Gasteiger partial charge in [0.1, 0.15) is 22.8 Å². The van der Waals surface area contributed by atoms with Crippen molar-refractivity contribution in [2.45, 2.75) is 32.5 Å². The van der Waals surface area contributed by atoms with Gasteiger partial charge in [-0.1, -0.05) is 30.3 Å². The van der Waals surface area contributed by atoms with E-state index in [1.807, 2.05) is 18.2 Å². The smallest absolute Gasteiger partial charge is 0.335 e. The van der Waals surface area contributed by atoms with Crippen LogP contribution in [0.25, 0.3) is 5.78 Å². The third-order valence-electron chi connectivity index (χ3n) is 7.77. The Bertz CT molecular complexity index is 2150. The van der Waals surface area contributed by atoms with E-state index in [2.05, 4.69) is 20.8 Å². The molecule has 0 fully saturated rings. The Balaban J connectivity index is 1.19. The molecule has 15 heteroatoms. The molecule has 1 atom stereocenters. The summed E-state index contributed by atoms with van der Waals surface area (Å²) in [5.41, 5.74) is 8.23. The first kappa shape index (κ1) is 29.4. The fourth-order valence-electron chi connectivity index (χ4n) is 5.30. The molecule has 0 spiro atoms. The number of fused-ring (bicyclic) bond motifs is 2. The van der Waals surface area contributed by atoms with Crippen LogP contribution in [-0.4, -0.2) is 44.0 Å². The van der Waals surface area contributed by atoms with Gasteiger partial charge < -0.3 is 30.9 Å². The predicted octanol–water partition coefficient (Wildman–Crippen LogP) is 1.91. The molecule has 2 amide bonds. The van der Waals surface area contributed by atoms with Gasteiger partial charge in [-0.3, -0.25) is 19.2 Å². The maximum Gasteiger partial charge on any atom is 0.335 e. The first-order chi connectivity index (χ1) is 21.5. The van der Waals surface area contributed by atoms with Crippen molar-refractivity contribution in [3.05, 3.63) is 113 Å². The number of amides is 2. The summed E-state index contributed by atoms with van der Waals surface area (Å²) >= 11 is 5.19. The molecule has 3 heterocycles. The van der Waals surface area contributed by atoms with Crippen molar-refractivity contribution in [3.63, 3.8) is 0 Å². The molecule has 5 N–H and O–H groups in total. The van der Waals surface area contributed by atoms with Crippen LogP contribution >= 0.6 is 12.2 Å². The molecule has 0 aliphatic carbocycles. The molecule has 14 nitrogen and oxygen atoms in total. The number of hydrogen-bond acceptors (Lipinski definition) is 11. The van der Waals surface area contributed by atoms with Crippen molar-refractivity contribution >= 4 is 47.2 Å². The van der Waals surface area contributed by atoms with Gasteiger partial charge in [-0.15, -0.1) is 0 Å². The molecule has 0 unspecified atom stereocenters. The highest BCUT2D eigenvalue weighted by Crippen LogP contribution is 2.26. The van der Waals surface area contributed by atoms with Gasteiger partial charge in [0.25, 0.3) is 28.4 Å². The van der Waals surface area contributed by atoms with E-state index in [1.165, 1.54) is 22.6 Å². The van der Waals surface area contributed by atoms with E-state index < -0.39 is 34.7 Å². The lowest BCUT2D eigenvalue weighted by atomic mass is 9.96. The van der Waals surface area contributed by atoms with Crippen LogP contribution in [0.4, 0.5) is 11.4 Å². The molecule has 0 bridgehead atoms. The molecule has 0 saturated heterocycles. The summed E-state index contributed by atoms with van der Waals surface area (Å²) in [4.78, 5) is 67.2. The third-order valence-corrected chi connectivity index (χ3v) is 8.02. The lowest BCUT2D eigenvalue weighted by Gasteiger charge is -2.32. The summed E-state index contributed by atoms with van der Waals surface area (Å²) < 4.78 is 6.27. The fourth-order valence-corrected chi connectivity index (χ4v) is 5.52. The van der Waals surface area contributed by atoms with E-state index >= 15 is 0 Å². The SMILES string of the molecule is C[C@H](NC(=O)c1cc(C(=O)NCc2ccc3c(c2)CN(c2c(N)c(=O)c2=O)CC3)n2c(=S)onc2n1)c1ccc(C(=O)O)cc1. The number of carbonyl (C=O) groups is 3. The van der Waals surface area contributed by atoms with E-state index in [4.69, 9.17) is 27.6 Å². The summed E-state index contributed by atoms with van der Waals surface area (Å²) in [6.45, 7) is 2.80. The van der Waals surface area contributed by atoms with Crippen LogP contribution in [0.3, 0.4) is 0 Å². The number of nitrogens with two attached hydrogens (primary N) is 1. The Hall–Kier alpha value is -5.70. The van der Waals surface area contributed by atoms with Gasteiger partial charge in [0.05, 0.1) is 11.6 Å². The number of anilines is 2. The molecular formula is C30H25N7O7S. The molecule has 228 valence electrons. The number of rotatable bonds is 8. The highest BCUT2D eigenvalue weighted by molar-refractivity contribution is 7.71. The van der Waals surface area contributed by atoms with E-state index in [1.54, 1.807) is 24.0 Å². The summed E-state index contributed by atoms with van der Waals surface area (Å²) in [7, 11) is 0. The van der Waals surface area contributed by atoms with Crippen LogP contribution < -0.4 is 32.1 Å². The summed E-state index contributed by atoms with van der Waals surface area (Å²) in [6.07, 6.45) is 0.665. The normalized spacial score (nSPS) is 13.4. The number of carboxylic acids is 1. The molecular weight excluding hydrogens is 602 g/mol. The Morgan fingerprint density at radius 3 is 2.53 bits per heavy atom. The number of nitrogens with one attached hydrogen (secondary N) is 2. The Kier molecular flexibility index (Phi) is 7.46. The molecule has 1 aliphatic rings. The minimum absolute atomic E-state index is 0.0141. The molecule has 3 aromatic carbocycles. The second-order valence-electron chi connectivity index (χ2n) is 10.6. The Morgan fingerprint density at radius 2 is 1.82 bits per heavy atom. The van der Waals surface area contributed by atoms with E-state index in [0.29, 0.717) is 25.1 Å². The lowest BCUT2D eigenvalue weighted by Crippen LogP contribution is -2.44. The molecule has 1 aliphatic heterocycles. The number of carboxylic acid groups (broad SMARTS) is 1. The topological polar surface area (TPSA) is 202 Å². The van der Waals surface area contributed by atoms with Crippen LogP contribution in [0.5, 0.6) is 0 Å². The van der Waals surface area contributed by atoms with Crippen LogP contribution in [0.2, 0.25) is 0 Å². The second kappa shape index (κ2) is 11.4. The van der Waals surface area contributed by atoms with Crippen molar-refractivity contribution < 1.29 is 24.0 Å². The maximum atomic E-state index is 13.4. The van der Waals surface area contributed by atoms with Gasteiger partial charge in [-0.25, -0.2) is 14.2 Å². The minimum atomic E-state index is -1.06. The first-order valence-electron chi connectivity index (χ1n) is 13.8. The Labute approximate surface area is 258 Å². The van der Waals surface area contributed by atoms with Crippen molar-refractivity contribution in [2.24, 2.45) is 0 Å². The molecule has 0 saturated carbocycles. The summed E-state index contributed by atoms with van der Waals surface area (Å²) in [6, 6.07) is 12.6. The van der Waals surface area contributed by atoms with E-state index in [-0.39, 0.29) is 45.5 Å². The number of nitrogens with zero attached hydrogens (tertiary/aromatic N) is 4.